The van der Waals surface area contributed by atoms with Crippen LogP contribution in [0.1, 0.15) is 77.0 Å². The highest BCUT2D eigenvalue weighted by molar-refractivity contribution is 7.99. The first-order chi connectivity index (χ1) is 10.3. The fourth-order valence-electron chi connectivity index (χ4n) is 3.24. The summed E-state index contributed by atoms with van der Waals surface area (Å²) in [6, 6.07) is 0. The van der Waals surface area contributed by atoms with Crippen LogP contribution in [0, 0.1) is 0 Å². The molecule has 0 spiro atoms. The number of carbonyl (C=O) groups excluding carboxylic acids is 2. The van der Waals surface area contributed by atoms with Crippen LogP contribution < -0.4 is 0 Å². The Labute approximate surface area is 133 Å². The van der Waals surface area contributed by atoms with E-state index in [9.17, 15) is 9.59 Å². The molecule has 2 rings (SSSR count). The minimum absolute atomic E-state index is 0.0501. The van der Waals surface area contributed by atoms with E-state index in [1.165, 1.54) is 49.2 Å². The fraction of sp³-hybridized carbons (Fsp3) is 0.882. The van der Waals surface area contributed by atoms with E-state index in [-0.39, 0.29) is 11.8 Å². The number of likely N-dealkylation sites (tertiary alicyclic amines) is 1. The number of hydrogen-bond acceptors (Lipinski definition) is 3. The molecular formula is C17H29NO2S. The summed E-state index contributed by atoms with van der Waals surface area (Å²) in [5, 5.41) is 0.896. The van der Waals surface area contributed by atoms with Crippen molar-refractivity contribution in [1.29, 1.82) is 0 Å². The number of nitrogens with zero attached hydrogens (tertiary/aromatic N) is 1. The highest BCUT2D eigenvalue weighted by atomic mass is 32.2. The molecule has 21 heavy (non-hydrogen) atoms. The molecule has 3 nitrogen and oxygen atoms in total. The van der Waals surface area contributed by atoms with Gasteiger partial charge in [0.15, 0.2) is 0 Å². The Morgan fingerprint density at radius 1 is 0.857 bits per heavy atom. The van der Waals surface area contributed by atoms with Gasteiger partial charge < -0.3 is 0 Å². The average Bonchev–Trinajstić information content (AvgIpc) is 2.66. The maximum atomic E-state index is 11.9. The second-order valence-corrected chi connectivity index (χ2v) is 7.75. The Morgan fingerprint density at radius 3 is 2.19 bits per heavy atom. The third kappa shape index (κ3) is 6.01. The Hall–Kier alpha value is -0.510. The quantitative estimate of drug-likeness (QED) is 0.523. The summed E-state index contributed by atoms with van der Waals surface area (Å²) in [4.78, 5) is 25.2. The third-order valence-electron chi connectivity index (χ3n) is 4.57. The summed E-state index contributed by atoms with van der Waals surface area (Å²) >= 11 is 2.14. The Bertz CT molecular complexity index is 322. The molecule has 120 valence electrons. The van der Waals surface area contributed by atoms with Gasteiger partial charge in [0.05, 0.1) is 0 Å². The molecule has 1 heterocycles. The summed E-state index contributed by atoms with van der Waals surface area (Å²) in [7, 11) is 0. The number of unbranched alkanes of at least 4 members (excludes halogenated alkanes) is 2. The van der Waals surface area contributed by atoms with Gasteiger partial charge in [0, 0.05) is 24.6 Å². The van der Waals surface area contributed by atoms with Crippen molar-refractivity contribution < 1.29 is 9.59 Å². The van der Waals surface area contributed by atoms with Gasteiger partial charge in [0.2, 0.25) is 11.8 Å². The normalized spacial score (nSPS) is 21.6. The van der Waals surface area contributed by atoms with Gasteiger partial charge >= 0.3 is 0 Å². The molecule has 2 amide bonds. The van der Waals surface area contributed by atoms with Gasteiger partial charge in [-0.3, -0.25) is 14.5 Å². The molecule has 0 radical (unpaired) electrons. The minimum Gasteiger partial charge on any atom is -0.283 e. The van der Waals surface area contributed by atoms with E-state index in [2.05, 4.69) is 11.8 Å². The number of imide groups is 1. The Balaban J connectivity index is 1.54. The van der Waals surface area contributed by atoms with Crippen molar-refractivity contribution in [2.24, 2.45) is 0 Å². The molecule has 0 atom stereocenters. The molecule has 2 fully saturated rings. The van der Waals surface area contributed by atoms with Gasteiger partial charge in [-0.25, -0.2) is 0 Å². The molecule has 0 aromatic heterocycles. The zero-order valence-electron chi connectivity index (χ0n) is 13.1. The number of amides is 2. The molecule has 1 saturated carbocycles. The van der Waals surface area contributed by atoms with E-state index in [0.717, 1.165) is 30.9 Å². The molecular weight excluding hydrogens is 282 g/mol. The highest BCUT2D eigenvalue weighted by Gasteiger charge is 2.23. The zero-order chi connectivity index (χ0) is 14.9. The highest BCUT2D eigenvalue weighted by Crippen LogP contribution is 2.28. The molecule has 0 bridgehead atoms. The topological polar surface area (TPSA) is 37.4 Å². The van der Waals surface area contributed by atoms with Crippen molar-refractivity contribution in [3.8, 4) is 0 Å². The van der Waals surface area contributed by atoms with Crippen molar-refractivity contribution in [3.63, 3.8) is 0 Å². The van der Waals surface area contributed by atoms with Gasteiger partial charge in [0.1, 0.15) is 0 Å². The van der Waals surface area contributed by atoms with Crippen LogP contribution in [0.25, 0.3) is 0 Å². The van der Waals surface area contributed by atoms with Crippen LogP contribution in [0.4, 0.5) is 0 Å². The smallest absolute Gasteiger partial charge is 0.229 e. The van der Waals surface area contributed by atoms with Crippen LogP contribution in [-0.4, -0.2) is 34.3 Å². The number of thioether (sulfide) groups is 1. The summed E-state index contributed by atoms with van der Waals surface area (Å²) in [5.41, 5.74) is 0. The van der Waals surface area contributed by atoms with Crippen LogP contribution in [0.15, 0.2) is 0 Å². The van der Waals surface area contributed by atoms with Crippen molar-refractivity contribution in [3.05, 3.63) is 0 Å². The van der Waals surface area contributed by atoms with Gasteiger partial charge in [-0.1, -0.05) is 25.7 Å². The standard InChI is InChI=1S/C17H29NO2S/c19-16-11-5-6-12-17(20)18(16)13-7-2-8-14-21-15-9-3-1-4-10-15/h15H,1-14H2. The van der Waals surface area contributed by atoms with Crippen molar-refractivity contribution in [2.45, 2.75) is 82.3 Å². The second-order valence-electron chi connectivity index (χ2n) is 6.34. The number of hydrogen-bond donors (Lipinski definition) is 0. The molecule has 4 heteroatoms. The van der Waals surface area contributed by atoms with Crippen LogP contribution in [0.5, 0.6) is 0 Å². The SMILES string of the molecule is O=C1CCCCC(=O)N1CCCCCSC1CCCCC1. The Kier molecular flexibility index (Phi) is 7.62. The van der Waals surface area contributed by atoms with E-state index >= 15 is 0 Å². The summed E-state index contributed by atoms with van der Waals surface area (Å²) < 4.78 is 0. The first-order valence-corrected chi connectivity index (χ1v) is 9.77. The van der Waals surface area contributed by atoms with Gasteiger partial charge in [-0.05, 0) is 44.3 Å². The molecule has 0 aromatic rings. The van der Waals surface area contributed by atoms with Gasteiger partial charge in [0.25, 0.3) is 0 Å². The van der Waals surface area contributed by atoms with E-state index < -0.39 is 0 Å². The van der Waals surface area contributed by atoms with E-state index in [0.29, 0.717) is 19.4 Å². The van der Waals surface area contributed by atoms with E-state index in [4.69, 9.17) is 0 Å². The molecule has 0 N–H and O–H groups in total. The van der Waals surface area contributed by atoms with E-state index in [1.54, 1.807) is 0 Å². The second kappa shape index (κ2) is 9.50. The molecule has 0 unspecified atom stereocenters. The van der Waals surface area contributed by atoms with Crippen molar-refractivity contribution in [2.75, 3.05) is 12.3 Å². The van der Waals surface area contributed by atoms with E-state index in [1.807, 2.05) is 0 Å². The maximum absolute atomic E-state index is 11.9. The summed E-state index contributed by atoms with van der Waals surface area (Å²) in [6.07, 6.45) is 13.3. The fourth-order valence-corrected chi connectivity index (χ4v) is 4.61. The zero-order valence-corrected chi connectivity index (χ0v) is 14.0. The largest absolute Gasteiger partial charge is 0.283 e. The lowest BCUT2D eigenvalue weighted by molar-refractivity contribution is -0.143. The summed E-state index contributed by atoms with van der Waals surface area (Å²) in [6.45, 7) is 0.645. The lowest BCUT2D eigenvalue weighted by Gasteiger charge is -2.21. The molecule has 2 aliphatic rings. The summed E-state index contributed by atoms with van der Waals surface area (Å²) in [5.74, 6) is 1.34. The predicted molar refractivity (Wildman–Crippen MR) is 88.4 cm³/mol. The minimum atomic E-state index is 0.0501. The van der Waals surface area contributed by atoms with Crippen molar-refractivity contribution >= 4 is 23.6 Å². The monoisotopic (exact) mass is 311 g/mol. The van der Waals surface area contributed by atoms with Crippen LogP contribution in [0.2, 0.25) is 0 Å². The molecule has 1 saturated heterocycles. The Morgan fingerprint density at radius 2 is 1.52 bits per heavy atom. The van der Waals surface area contributed by atoms with Gasteiger partial charge in [-0.2, -0.15) is 11.8 Å². The van der Waals surface area contributed by atoms with Crippen LogP contribution in [-0.2, 0) is 9.59 Å². The first kappa shape index (κ1) is 16.9. The first-order valence-electron chi connectivity index (χ1n) is 8.72. The lowest BCUT2D eigenvalue weighted by Crippen LogP contribution is -2.35. The molecule has 1 aliphatic heterocycles. The van der Waals surface area contributed by atoms with Crippen LogP contribution >= 0.6 is 11.8 Å². The number of rotatable bonds is 7. The van der Waals surface area contributed by atoms with Crippen molar-refractivity contribution in [1.82, 2.24) is 4.90 Å². The third-order valence-corrected chi connectivity index (χ3v) is 6.03. The van der Waals surface area contributed by atoms with Crippen LogP contribution in [0.3, 0.4) is 0 Å². The lowest BCUT2D eigenvalue weighted by atomic mass is 10.0. The average molecular weight is 311 g/mol. The molecule has 0 aromatic carbocycles. The van der Waals surface area contributed by atoms with Gasteiger partial charge in [-0.15, -0.1) is 0 Å². The molecule has 1 aliphatic carbocycles. The maximum Gasteiger partial charge on any atom is 0.229 e. The number of carbonyl (C=O) groups is 2. The predicted octanol–water partition coefficient (Wildman–Crippen LogP) is 4.15.